The molecular weight excluding hydrogens is 565 g/mol. The first-order chi connectivity index (χ1) is 20.0. The number of hydrogen-bond acceptors (Lipinski definition) is 5. The number of carbonyl (C=O) groups is 1. The first-order valence-corrected chi connectivity index (χ1v) is 16.4. The third kappa shape index (κ3) is 7.01. The second kappa shape index (κ2) is 13.0. The van der Waals surface area contributed by atoms with Gasteiger partial charge in [-0.1, -0.05) is 42.8 Å². The number of amides is 1. The molecule has 0 spiro atoms. The van der Waals surface area contributed by atoms with E-state index in [-0.39, 0.29) is 23.8 Å². The Balaban J connectivity index is 1.24. The molecule has 0 aromatic heterocycles. The number of hydrogen-bond donors (Lipinski definition) is 0. The van der Waals surface area contributed by atoms with E-state index in [0.29, 0.717) is 44.0 Å². The number of nitrogens with zero attached hydrogens (tertiary/aromatic N) is 4. The van der Waals surface area contributed by atoms with Gasteiger partial charge in [0.25, 0.3) is 0 Å². The van der Waals surface area contributed by atoms with E-state index in [4.69, 9.17) is 0 Å². The summed E-state index contributed by atoms with van der Waals surface area (Å²) < 4.78 is 68.1. The lowest BCUT2D eigenvalue weighted by Gasteiger charge is -2.44. The molecule has 3 fully saturated rings. The summed E-state index contributed by atoms with van der Waals surface area (Å²) >= 11 is 0. The largest absolute Gasteiger partial charge is 0.416 e. The molecule has 0 N–H and O–H groups in total. The van der Waals surface area contributed by atoms with E-state index < -0.39 is 27.8 Å². The Morgan fingerprint density at radius 2 is 1.57 bits per heavy atom. The van der Waals surface area contributed by atoms with Crippen LogP contribution < -0.4 is 0 Å². The first kappa shape index (κ1) is 31.0. The lowest BCUT2D eigenvalue weighted by molar-refractivity contribution is -0.137. The van der Waals surface area contributed by atoms with Crippen LogP contribution >= 0.6 is 0 Å². The van der Waals surface area contributed by atoms with Gasteiger partial charge in [-0.2, -0.15) is 17.5 Å². The van der Waals surface area contributed by atoms with Gasteiger partial charge in [0.05, 0.1) is 10.5 Å². The van der Waals surface area contributed by atoms with Crippen molar-refractivity contribution in [2.24, 2.45) is 5.92 Å². The van der Waals surface area contributed by atoms with Gasteiger partial charge < -0.3 is 9.80 Å². The number of piperidine rings is 2. The third-order valence-corrected chi connectivity index (χ3v) is 11.1. The summed E-state index contributed by atoms with van der Waals surface area (Å²) in [6.45, 7) is 5.51. The van der Waals surface area contributed by atoms with Gasteiger partial charge >= 0.3 is 6.18 Å². The molecule has 0 saturated carbocycles. The van der Waals surface area contributed by atoms with Crippen molar-refractivity contribution in [3.63, 3.8) is 0 Å². The molecular formula is C31H41F3N4O3S. The summed E-state index contributed by atoms with van der Waals surface area (Å²) in [5, 5.41) is 0. The quantitative estimate of drug-likeness (QED) is 0.451. The minimum Gasteiger partial charge on any atom is -0.343 e. The average molecular weight is 607 g/mol. The van der Waals surface area contributed by atoms with E-state index in [2.05, 4.69) is 41.1 Å². The minimum atomic E-state index is -4.64. The molecule has 2 atom stereocenters. The van der Waals surface area contributed by atoms with Crippen LogP contribution in [-0.2, 0) is 21.0 Å². The maximum Gasteiger partial charge on any atom is 0.416 e. The Hall–Kier alpha value is -2.47. The highest BCUT2D eigenvalue weighted by atomic mass is 32.2. The highest BCUT2D eigenvalue weighted by Gasteiger charge is 2.39. The Labute approximate surface area is 247 Å². The van der Waals surface area contributed by atoms with E-state index >= 15 is 0 Å². The number of likely N-dealkylation sites (N-methyl/N-ethyl adjacent to an activating group) is 1. The van der Waals surface area contributed by atoms with Crippen LogP contribution in [0.4, 0.5) is 13.2 Å². The van der Waals surface area contributed by atoms with Crippen molar-refractivity contribution in [3.05, 3.63) is 65.7 Å². The van der Waals surface area contributed by atoms with Crippen LogP contribution in [0.3, 0.4) is 0 Å². The molecule has 2 aromatic carbocycles. The summed E-state index contributed by atoms with van der Waals surface area (Å²) in [6.07, 6.45) is -0.953. The highest BCUT2D eigenvalue weighted by Crippen LogP contribution is 2.37. The average Bonchev–Trinajstić information content (AvgIpc) is 2.99. The third-order valence-electron chi connectivity index (χ3n) is 9.16. The van der Waals surface area contributed by atoms with Crippen molar-refractivity contribution < 1.29 is 26.4 Å². The summed E-state index contributed by atoms with van der Waals surface area (Å²) in [5.41, 5.74) is 0.311. The Morgan fingerprint density at radius 3 is 2.24 bits per heavy atom. The second-order valence-corrected chi connectivity index (χ2v) is 13.8. The van der Waals surface area contributed by atoms with E-state index in [0.717, 1.165) is 57.6 Å². The monoisotopic (exact) mass is 606 g/mol. The number of sulfonamides is 1. The van der Waals surface area contributed by atoms with Gasteiger partial charge in [-0.3, -0.25) is 9.69 Å². The van der Waals surface area contributed by atoms with Crippen molar-refractivity contribution in [3.8, 4) is 0 Å². The van der Waals surface area contributed by atoms with Gasteiger partial charge in [-0.15, -0.1) is 0 Å². The van der Waals surface area contributed by atoms with Crippen LogP contribution in [0, 0.1) is 5.92 Å². The fourth-order valence-electron chi connectivity index (χ4n) is 6.79. The van der Waals surface area contributed by atoms with Crippen LogP contribution in [0.15, 0.2) is 59.5 Å². The number of carbonyl (C=O) groups excluding carboxylic acids is 1. The summed E-state index contributed by atoms with van der Waals surface area (Å²) in [5.74, 6) is 0.327. The summed E-state index contributed by atoms with van der Waals surface area (Å²) in [6, 6.07) is 14.2. The Bertz CT molecular complexity index is 1310. The smallest absolute Gasteiger partial charge is 0.343 e. The van der Waals surface area contributed by atoms with Crippen LogP contribution in [0.2, 0.25) is 0 Å². The van der Waals surface area contributed by atoms with Gasteiger partial charge in [0.1, 0.15) is 0 Å². The number of halogens is 3. The lowest BCUT2D eigenvalue weighted by Crippen LogP contribution is -2.50. The molecule has 3 heterocycles. The molecule has 3 aliphatic heterocycles. The summed E-state index contributed by atoms with van der Waals surface area (Å²) in [4.78, 5) is 19.9. The molecule has 11 heteroatoms. The lowest BCUT2D eigenvalue weighted by atomic mass is 9.83. The molecule has 42 heavy (non-hydrogen) atoms. The fourth-order valence-corrected chi connectivity index (χ4v) is 8.53. The Morgan fingerprint density at radius 1 is 0.881 bits per heavy atom. The van der Waals surface area contributed by atoms with E-state index in [1.54, 1.807) is 0 Å². The van der Waals surface area contributed by atoms with Crippen LogP contribution in [0.1, 0.15) is 55.7 Å². The zero-order valence-electron chi connectivity index (χ0n) is 24.2. The molecule has 7 nitrogen and oxygen atoms in total. The molecule has 1 amide bonds. The van der Waals surface area contributed by atoms with Crippen LogP contribution in [-0.4, -0.2) is 92.2 Å². The maximum atomic E-state index is 13.5. The predicted molar refractivity (Wildman–Crippen MR) is 155 cm³/mol. The zero-order chi connectivity index (χ0) is 29.9. The number of piperazine rings is 1. The van der Waals surface area contributed by atoms with Crippen molar-refractivity contribution in [2.45, 2.75) is 61.7 Å². The minimum absolute atomic E-state index is 0.0451. The molecule has 0 radical (unpaired) electrons. The van der Waals surface area contributed by atoms with Crippen molar-refractivity contribution in [1.29, 1.82) is 0 Å². The molecule has 3 aliphatic rings. The molecule has 2 unspecified atom stereocenters. The standard InChI is InChI=1S/C31H41F3N4O3S/c1-35-18-20-37(21-19-35)30(24-8-3-2-4-9-24)25-13-16-36(17-14-25)29(39)23-27-11-5-6-15-38(27)42(40,41)28-12-7-10-26(22-28)31(32,33)34/h2-4,7-10,12,22,25,27,30H,5-6,11,13-21,23H2,1H3. The van der Waals surface area contributed by atoms with Gasteiger partial charge in [0.2, 0.25) is 15.9 Å². The van der Waals surface area contributed by atoms with Gasteiger partial charge in [0, 0.05) is 64.3 Å². The molecule has 230 valence electrons. The zero-order valence-corrected chi connectivity index (χ0v) is 25.0. The number of rotatable bonds is 7. The number of alkyl halides is 3. The fraction of sp³-hybridized carbons (Fsp3) is 0.581. The van der Waals surface area contributed by atoms with Gasteiger partial charge in [0.15, 0.2) is 0 Å². The molecule has 3 saturated heterocycles. The SMILES string of the molecule is CN1CCN(C(c2ccccc2)C2CCN(C(=O)CC3CCCCN3S(=O)(=O)c3cccc(C(F)(F)F)c3)CC2)CC1. The van der Waals surface area contributed by atoms with Crippen molar-refractivity contribution >= 4 is 15.9 Å². The van der Waals surface area contributed by atoms with E-state index in [1.165, 1.54) is 15.9 Å². The van der Waals surface area contributed by atoms with Crippen molar-refractivity contribution in [2.75, 3.05) is 52.9 Å². The van der Waals surface area contributed by atoms with Gasteiger partial charge in [-0.05, 0) is 62.4 Å². The first-order valence-electron chi connectivity index (χ1n) is 15.0. The van der Waals surface area contributed by atoms with E-state index in [1.807, 2.05) is 11.0 Å². The number of likely N-dealkylation sites (tertiary alicyclic amines) is 1. The molecule has 0 aliphatic carbocycles. The molecule has 2 aromatic rings. The summed E-state index contributed by atoms with van der Waals surface area (Å²) in [7, 11) is -2.03. The van der Waals surface area contributed by atoms with E-state index in [9.17, 15) is 26.4 Å². The second-order valence-electron chi connectivity index (χ2n) is 11.9. The van der Waals surface area contributed by atoms with Crippen LogP contribution in [0.5, 0.6) is 0 Å². The molecule has 0 bridgehead atoms. The topological polar surface area (TPSA) is 64.2 Å². The normalized spacial score (nSPS) is 23.1. The highest BCUT2D eigenvalue weighted by molar-refractivity contribution is 7.89. The van der Waals surface area contributed by atoms with Crippen LogP contribution in [0.25, 0.3) is 0 Å². The van der Waals surface area contributed by atoms with Crippen molar-refractivity contribution in [1.82, 2.24) is 19.0 Å². The maximum absolute atomic E-state index is 13.5. The van der Waals surface area contributed by atoms with Gasteiger partial charge in [-0.25, -0.2) is 8.42 Å². The Kier molecular flexibility index (Phi) is 9.61. The predicted octanol–water partition coefficient (Wildman–Crippen LogP) is 4.87. The number of benzene rings is 2. The molecule has 5 rings (SSSR count).